The molecule has 0 radical (unpaired) electrons. The molecule has 1 amide bonds. The molecule has 0 aliphatic rings. The minimum Gasteiger partial charge on any atom is -0.369 e. The predicted molar refractivity (Wildman–Crippen MR) is 49.3 cm³/mol. The number of nitrogens with one attached hydrogen (secondary N) is 1. The zero-order valence-corrected chi connectivity index (χ0v) is 7.85. The van der Waals surface area contributed by atoms with Crippen molar-refractivity contribution < 1.29 is 4.79 Å². The topological polar surface area (TPSA) is 55.1 Å². The number of hydrogen-bond acceptors (Lipinski definition) is 2. The van der Waals surface area contributed by atoms with Gasteiger partial charge in [0, 0.05) is 12.5 Å². The summed E-state index contributed by atoms with van der Waals surface area (Å²) in [4.78, 5) is 10.6. The number of carbonyl (C=O) groups excluding carboxylic acids is 1. The summed E-state index contributed by atoms with van der Waals surface area (Å²) in [5.74, 6) is 2.08. The molecule has 1 atom stereocenters. The molecule has 0 aromatic carbocycles. The first kappa shape index (κ1) is 11.0. The van der Waals surface area contributed by atoms with Gasteiger partial charge in [-0.3, -0.25) is 4.79 Å². The van der Waals surface area contributed by atoms with Crippen LogP contribution in [0.2, 0.25) is 0 Å². The van der Waals surface area contributed by atoms with Gasteiger partial charge in [-0.05, 0) is 13.8 Å². The number of rotatable bonds is 4. The summed E-state index contributed by atoms with van der Waals surface area (Å²) >= 11 is 0. The van der Waals surface area contributed by atoms with Crippen LogP contribution in [0.3, 0.4) is 0 Å². The van der Waals surface area contributed by atoms with Crippen LogP contribution in [0.4, 0.5) is 0 Å². The summed E-state index contributed by atoms with van der Waals surface area (Å²) in [6.07, 6.45) is 5.24. The van der Waals surface area contributed by atoms with Crippen LogP contribution in [0.5, 0.6) is 0 Å². The van der Waals surface area contributed by atoms with Crippen LogP contribution in [-0.4, -0.2) is 18.0 Å². The highest BCUT2D eigenvalue weighted by molar-refractivity contribution is 5.76. The van der Waals surface area contributed by atoms with Crippen molar-refractivity contribution in [2.24, 2.45) is 11.7 Å². The van der Waals surface area contributed by atoms with Crippen LogP contribution in [0.15, 0.2) is 0 Å². The SMILES string of the molecule is C#CC(C)(C)NCC(C)C(N)=O. The smallest absolute Gasteiger partial charge is 0.221 e. The molecule has 0 saturated carbocycles. The first-order chi connectivity index (χ1) is 5.39. The van der Waals surface area contributed by atoms with Crippen LogP contribution < -0.4 is 11.1 Å². The van der Waals surface area contributed by atoms with E-state index < -0.39 is 0 Å². The van der Waals surface area contributed by atoms with E-state index in [1.807, 2.05) is 13.8 Å². The fourth-order valence-electron chi connectivity index (χ4n) is 0.560. The zero-order valence-electron chi connectivity index (χ0n) is 7.85. The molecule has 0 rings (SSSR count). The van der Waals surface area contributed by atoms with Crippen molar-refractivity contribution in [1.29, 1.82) is 0 Å². The van der Waals surface area contributed by atoms with E-state index in [0.29, 0.717) is 6.54 Å². The molecule has 3 heteroatoms. The van der Waals surface area contributed by atoms with Crippen molar-refractivity contribution in [2.75, 3.05) is 6.54 Å². The number of hydrogen-bond donors (Lipinski definition) is 2. The van der Waals surface area contributed by atoms with Gasteiger partial charge in [0.1, 0.15) is 0 Å². The van der Waals surface area contributed by atoms with Crippen LogP contribution in [0.1, 0.15) is 20.8 Å². The maximum Gasteiger partial charge on any atom is 0.221 e. The van der Waals surface area contributed by atoms with E-state index >= 15 is 0 Å². The molecule has 12 heavy (non-hydrogen) atoms. The second-order valence-electron chi connectivity index (χ2n) is 3.45. The van der Waals surface area contributed by atoms with Gasteiger partial charge >= 0.3 is 0 Å². The highest BCUT2D eigenvalue weighted by Crippen LogP contribution is 2.00. The van der Waals surface area contributed by atoms with Crippen LogP contribution in [-0.2, 0) is 4.79 Å². The lowest BCUT2D eigenvalue weighted by Gasteiger charge is -2.21. The Morgan fingerprint density at radius 1 is 1.75 bits per heavy atom. The Morgan fingerprint density at radius 3 is 2.58 bits per heavy atom. The summed E-state index contributed by atoms with van der Waals surface area (Å²) in [6, 6.07) is 0. The number of terminal acetylenes is 1. The molecule has 0 saturated heterocycles. The number of primary amides is 1. The normalized spacial score (nSPS) is 13.5. The third-order valence-electron chi connectivity index (χ3n) is 1.70. The maximum atomic E-state index is 10.6. The zero-order chi connectivity index (χ0) is 9.78. The van der Waals surface area contributed by atoms with Crippen molar-refractivity contribution in [3.05, 3.63) is 0 Å². The van der Waals surface area contributed by atoms with Crippen molar-refractivity contribution in [3.63, 3.8) is 0 Å². The van der Waals surface area contributed by atoms with Gasteiger partial charge in [0.15, 0.2) is 0 Å². The van der Waals surface area contributed by atoms with Crippen molar-refractivity contribution >= 4 is 5.91 Å². The lowest BCUT2D eigenvalue weighted by molar-refractivity contribution is -0.121. The molecular formula is C9H16N2O. The van der Waals surface area contributed by atoms with E-state index in [0.717, 1.165) is 0 Å². The van der Waals surface area contributed by atoms with E-state index in [-0.39, 0.29) is 17.4 Å². The third-order valence-corrected chi connectivity index (χ3v) is 1.70. The quantitative estimate of drug-likeness (QED) is 0.585. The van der Waals surface area contributed by atoms with Gasteiger partial charge < -0.3 is 11.1 Å². The summed E-state index contributed by atoms with van der Waals surface area (Å²) in [5, 5.41) is 3.05. The largest absolute Gasteiger partial charge is 0.369 e. The molecule has 0 aliphatic carbocycles. The standard InChI is InChI=1S/C9H16N2O/c1-5-9(3,4)11-6-7(2)8(10)12/h1,7,11H,6H2,2-4H3,(H2,10,12). The summed E-state index contributed by atoms with van der Waals surface area (Å²) in [6.45, 7) is 6.04. The first-order valence-corrected chi connectivity index (χ1v) is 3.91. The van der Waals surface area contributed by atoms with Crippen molar-refractivity contribution in [3.8, 4) is 12.3 Å². The Bertz CT molecular complexity index is 203. The molecular weight excluding hydrogens is 152 g/mol. The van der Waals surface area contributed by atoms with E-state index in [2.05, 4.69) is 11.2 Å². The Hall–Kier alpha value is -1.01. The van der Waals surface area contributed by atoms with Gasteiger partial charge in [-0.15, -0.1) is 6.42 Å². The average Bonchev–Trinajstić information content (AvgIpc) is 2.00. The molecule has 0 aromatic rings. The molecule has 0 bridgehead atoms. The molecule has 0 aromatic heterocycles. The highest BCUT2D eigenvalue weighted by Gasteiger charge is 2.16. The van der Waals surface area contributed by atoms with Gasteiger partial charge in [0.05, 0.1) is 5.54 Å². The second kappa shape index (κ2) is 4.13. The molecule has 3 N–H and O–H groups in total. The molecule has 0 heterocycles. The average molecular weight is 168 g/mol. The van der Waals surface area contributed by atoms with Gasteiger partial charge in [-0.25, -0.2) is 0 Å². The molecule has 3 nitrogen and oxygen atoms in total. The van der Waals surface area contributed by atoms with Crippen LogP contribution >= 0.6 is 0 Å². The minimum absolute atomic E-state index is 0.183. The van der Waals surface area contributed by atoms with Gasteiger partial charge in [0.25, 0.3) is 0 Å². The third kappa shape index (κ3) is 3.99. The molecule has 0 spiro atoms. The Kier molecular flexibility index (Phi) is 3.78. The monoisotopic (exact) mass is 168 g/mol. The summed E-state index contributed by atoms with van der Waals surface area (Å²) < 4.78 is 0. The summed E-state index contributed by atoms with van der Waals surface area (Å²) in [7, 11) is 0. The Balaban J connectivity index is 3.85. The molecule has 1 unspecified atom stereocenters. The maximum absolute atomic E-state index is 10.6. The molecule has 0 aliphatic heterocycles. The van der Waals surface area contributed by atoms with E-state index in [4.69, 9.17) is 12.2 Å². The lowest BCUT2D eigenvalue weighted by Crippen LogP contribution is -2.42. The summed E-state index contributed by atoms with van der Waals surface area (Å²) in [5.41, 5.74) is 4.70. The van der Waals surface area contributed by atoms with Gasteiger partial charge in [0.2, 0.25) is 5.91 Å². The molecule has 68 valence electrons. The van der Waals surface area contributed by atoms with E-state index in [9.17, 15) is 4.79 Å². The fraction of sp³-hybridized carbons (Fsp3) is 0.667. The Labute approximate surface area is 73.7 Å². The van der Waals surface area contributed by atoms with E-state index in [1.165, 1.54) is 0 Å². The van der Waals surface area contributed by atoms with Gasteiger partial charge in [-0.1, -0.05) is 12.8 Å². The van der Waals surface area contributed by atoms with E-state index in [1.54, 1.807) is 6.92 Å². The number of nitrogens with two attached hydrogens (primary N) is 1. The van der Waals surface area contributed by atoms with Gasteiger partial charge in [-0.2, -0.15) is 0 Å². The van der Waals surface area contributed by atoms with Crippen LogP contribution in [0.25, 0.3) is 0 Å². The van der Waals surface area contributed by atoms with Crippen molar-refractivity contribution in [2.45, 2.75) is 26.3 Å². The first-order valence-electron chi connectivity index (χ1n) is 3.91. The minimum atomic E-state index is -0.371. The fourth-order valence-corrected chi connectivity index (χ4v) is 0.560. The molecule has 0 fully saturated rings. The Morgan fingerprint density at radius 2 is 2.25 bits per heavy atom. The van der Waals surface area contributed by atoms with Crippen LogP contribution in [0, 0.1) is 18.3 Å². The number of carbonyl (C=O) groups is 1. The van der Waals surface area contributed by atoms with Crippen molar-refractivity contribution in [1.82, 2.24) is 5.32 Å². The second-order valence-corrected chi connectivity index (χ2v) is 3.45. The highest BCUT2D eigenvalue weighted by atomic mass is 16.1. The number of amides is 1. The lowest BCUT2D eigenvalue weighted by atomic mass is 10.1. The predicted octanol–water partition coefficient (Wildman–Crippen LogP) is 0.109.